The maximum Gasteiger partial charge on any atom is 0.0587 e. The van der Waals surface area contributed by atoms with E-state index in [-0.39, 0.29) is 18.6 Å². The normalized spacial score (nSPS) is 41.5. The quantitative estimate of drug-likeness (QED) is 0.161. The molecule has 0 spiro atoms. The second-order valence-corrected chi connectivity index (χ2v) is 15.3. The van der Waals surface area contributed by atoms with E-state index in [9.17, 15) is 15.3 Å². The Morgan fingerprint density at radius 2 is 1.60 bits per heavy atom. The molecule has 0 saturated heterocycles. The number of rotatable bonds is 15. The lowest BCUT2D eigenvalue weighted by Gasteiger charge is -2.62. The first-order valence-electron chi connectivity index (χ1n) is 17.3. The summed E-state index contributed by atoms with van der Waals surface area (Å²) in [6.07, 6.45) is 14.7. The minimum atomic E-state index is -0.405. The number of aliphatic hydroxyl groups is 3. The van der Waals surface area contributed by atoms with E-state index in [1.807, 2.05) is 6.92 Å². The van der Waals surface area contributed by atoms with Gasteiger partial charge in [0.05, 0.1) is 12.2 Å². The number of fused-ring (bicyclic) bond motifs is 5. The van der Waals surface area contributed by atoms with Crippen molar-refractivity contribution in [2.24, 2.45) is 58.0 Å². The van der Waals surface area contributed by atoms with Crippen LogP contribution in [0, 0.1) is 52.3 Å². The van der Waals surface area contributed by atoms with Crippen molar-refractivity contribution >= 4 is 0 Å². The third kappa shape index (κ3) is 6.94. The summed E-state index contributed by atoms with van der Waals surface area (Å²) in [6.45, 7) is 13.6. The van der Waals surface area contributed by atoms with Crippen LogP contribution in [-0.2, 0) is 0 Å². The molecule has 7 N–H and O–H groups in total. The fourth-order valence-corrected chi connectivity index (χ4v) is 10.5. The Labute approximate surface area is 246 Å². The number of hydrogen-bond acceptors (Lipinski definition) is 6. The maximum absolute atomic E-state index is 11.7. The van der Waals surface area contributed by atoms with E-state index < -0.39 is 6.10 Å². The van der Waals surface area contributed by atoms with Gasteiger partial charge >= 0.3 is 0 Å². The average Bonchev–Trinajstić information content (AvgIpc) is 3.30. The predicted molar refractivity (Wildman–Crippen MR) is 165 cm³/mol. The molecule has 12 atom stereocenters. The molecule has 0 aliphatic heterocycles. The Balaban J connectivity index is 1.30. The van der Waals surface area contributed by atoms with E-state index in [0.717, 1.165) is 51.9 Å². The van der Waals surface area contributed by atoms with Crippen LogP contribution in [0.3, 0.4) is 0 Å². The van der Waals surface area contributed by atoms with E-state index >= 15 is 0 Å². The van der Waals surface area contributed by atoms with Crippen LogP contribution in [0.1, 0.15) is 111 Å². The summed E-state index contributed by atoms with van der Waals surface area (Å²) in [5.74, 6) is 3.63. The minimum absolute atomic E-state index is 0.0421. The Hall–Kier alpha value is -0.240. The standard InChI is InChI=1S/C34H65N3O3/c1-23(8-11-30(39)24(2)22-38)27-9-10-28-32-29(13-15-34(27,28)4)33(3)14-12-26(20-25(33)21-31(32)40)37-19-7-18-36-17-6-5-16-35/h23-32,36-40H,5-22,35H2,1-4H3/t23?,24?,25-,26+,27-,28?,29?,30?,31-,32?,33+,34-/m1/s1. The molecular weight excluding hydrogens is 498 g/mol. The molecule has 0 bridgehead atoms. The number of hydrogen-bond donors (Lipinski definition) is 6. The van der Waals surface area contributed by atoms with Crippen LogP contribution >= 0.6 is 0 Å². The molecule has 0 aromatic rings. The van der Waals surface area contributed by atoms with Gasteiger partial charge in [0, 0.05) is 18.6 Å². The number of aliphatic hydroxyl groups excluding tert-OH is 3. The summed E-state index contributed by atoms with van der Waals surface area (Å²) in [5.41, 5.74) is 6.27. The fourth-order valence-electron chi connectivity index (χ4n) is 10.5. The van der Waals surface area contributed by atoms with Crippen molar-refractivity contribution in [3.05, 3.63) is 0 Å². The van der Waals surface area contributed by atoms with Crippen molar-refractivity contribution < 1.29 is 15.3 Å². The fraction of sp³-hybridized carbons (Fsp3) is 1.00. The molecule has 4 saturated carbocycles. The predicted octanol–water partition coefficient (Wildman–Crippen LogP) is 4.70. The van der Waals surface area contributed by atoms with Crippen molar-refractivity contribution in [1.82, 2.24) is 10.6 Å². The van der Waals surface area contributed by atoms with Gasteiger partial charge in [-0.2, -0.15) is 0 Å². The molecule has 6 heteroatoms. The van der Waals surface area contributed by atoms with E-state index in [4.69, 9.17) is 5.73 Å². The second-order valence-electron chi connectivity index (χ2n) is 15.3. The zero-order valence-electron chi connectivity index (χ0n) is 26.4. The highest BCUT2D eigenvalue weighted by Crippen LogP contribution is 2.68. The van der Waals surface area contributed by atoms with Gasteiger partial charge in [-0.3, -0.25) is 0 Å². The SMILES string of the molecule is CC(CO)C(O)CCC(C)[C@H]1CCC2C3C(CC[C@@]21C)[C@@]1(C)CC[C@H](NCCCNCCCCN)C[C@@H]1C[C@H]3O. The number of nitrogens with two attached hydrogens (primary N) is 1. The van der Waals surface area contributed by atoms with Gasteiger partial charge in [0.25, 0.3) is 0 Å². The van der Waals surface area contributed by atoms with Gasteiger partial charge in [-0.15, -0.1) is 0 Å². The van der Waals surface area contributed by atoms with Gasteiger partial charge in [0.15, 0.2) is 0 Å². The molecule has 4 aliphatic carbocycles. The first-order chi connectivity index (χ1) is 19.2. The first-order valence-corrected chi connectivity index (χ1v) is 17.3. The summed E-state index contributed by atoms with van der Waals surface area (Å²) in [7, 11) is 0. The van der Waals surface area contributed by atoms with Crippen LogP contribution < -0.4 is 16.4 Å². The Kier molecular flexibility index (Phi) is 11.8. The Bertz CT molecular complexity index is 769. The molecule has 0 amide bonds. The van der Waals surface area contributed by atoms with E-state index in [2.05, 4.69) is 31.4 Å². The smallest absolute Gasteiger partial charge is 0.0587 e. The summed E-state index contributed by atoms with van der Waals surface area (Å²) in [6, 6.07) is 0.605. The van der Waals surface area contributed by atoms with Crippen LogP contribution in [0.15, 0.2) is 0 Å². The van der Waals surface area contributed by atoms with Gasteiger partial charge < -0.3 is 31.7 Å². The van der Waals surface area contributed by atoms with Crippen molar-refractivity contribution in [3.63, 3.8) is 0 Å². The van der Waals surface area contributed by atoms with E-state index in [1.54, 1.807) is 0 Å². The number of nitrogens with one attached hydrogen (secondary N) is 2. The summed E-state index contributed by atoms with van der Waals surface area (Å²) in [5, 5.41) is 39.0. The highest BCUT2D eigenvalue weighted by atomic mass is 16.3. The molecule has 0 aromatic heterocycles. The van der Waals surface area contributed by atoms with Gasteiger partial charge in [-0.25, -0.2) is 0 Å². The zero-order chi connectivity index (χ0) is 28.9. The molecule has 234 valence electrons. The highest BCUT2D eigenvalue weighted by Gasteiger charge is 2.62. The Morgan fingerprint density at radius 3 is 2.35 bits per heavy atom. The van der Waals surface area contributed by atoms with Crippen LogP contribution in [0.25, 0.3) is 0 Å². The average molecular weight is 564 g/mol. The summed E-state index contributed by atoms with van der Waals surface area (Å²) in [4.78, 5) is 0. The van der Waals surface area contributed by atoms with Gasteiger partial charge in [-0.05, 0) is 156 Å². The third-order valence-corrected chi connectivity index (χ3v) is 13.1. The number of unbranched alkanes of at least 4 members (excludes halogenated alkanes) is 1. The molecule has 6 nitrogen and oxygen atoms in total. The molecule has 6 unspecified atom stereocenters. The molecule has 0 aromatic carbocycles. The lowest BCUT2D eigenvalue weighted by atomic mass is 9.43. The minimum Gasteiger partial charge on any atom is -0.396 e. The largest absolute Gasteiger partial charge is 0.396 e. The molecule has 4 fully saturated rings. The van der Waals surface area contributed by atoms with Crippen LogP contribution in [0.2, 0.25) is 0 Å². The molecule has 4 rings (SSSR count). The van der Waals surface area contributed by atoms with Crippen molar-refractivity contribution in [2.45, 2.75) is 129 Å². The maximum atomic E-state index is 11.7. The molecular formula is C34H65N3O3. The van der Waals surface area contributed by atoms with E-state index in [1.165, 1.54) is 57.8 Å². The third-order valence-electron chi connectivity index (χ3n) is 13.1. The lowest BCUT2D eigenvalue weighted by molar-refractivity contribution is -0.167. The van der Waals surface area contributed by atoms with Crippen LogP contribution in [0.5, 0.6) is 0 Å². The summed E-state index contributed by atoms with van der Waals surface area (Å²) < 4.78 is 0. The van der Waals surface area contributed by atoms with Gasteiger partial charge in [-0.1, -0.05) is 27.7 Å². The van der Waals surface area contributed by atoms with Crippen LogP contribution in [0.4, 0.5) is 0 Å². The van der Waals surface area contributed by atoms with Crippen molar-refractivity contribution in [3.8, 4) is 0 Å². The van der Waals surface area contributed by atoms with Crippen LogP contribution in [-0.4, -0.2) is 66.4 Å². The molecule has 4 aliphatic rings. The molecule has 0 heterocycles. The lowest BCUT2D eigenvalue weighted by Crippen LogP contribution is -2.59. The van der Waals surface area contributed by atoms with Crippen molar-refractivity contribution in [2.75, 3.05) is 32.8 Å². The first kappa shape index (κ1) is 32.7. The zero-order valence-corrected chi connectivity index (χ0v) is 26.4. The van der Waals surface area contributed by atoms with Gasteiger partial charge in [0.1, 0.15) is 0 Å². The van der Waals surface area contributed by atoms with Gasteiger partial charge in [0.2, 0.25) is 0 Å². The van der Waals surface area contributed by atoms with Crippen molar-refractivity contribution in [1.29, 1.82) is 0 Å². The highest BCUT2D eigenvalue weighted by molar-refractivity contribution is 5.12. The van der Waals surface area contributed by atoms with E-state index in [0.29, 0.717) is 52.4 Å². The second kappa shape index (κ2) is 14.5. The monoisotopic (exact) mass is 564 g/mol. The Morgan fingerprint density at radius 1 is 0.875 bits per heavy atom. The topological polar surface area (TPSA) is 111 Å². The molecule has 0 radical (unpaired) electrons. The summed E-state index contributed by atoms with van der Waals surface area (Å²) >= 11 is 0. The molecule has 40 heavy (non-hydrogen) atoms.